The molecule has 0 spiro atoms. The maximum atomic E-state index is 5.32. The highest BCUT2D eigenvalue weighted by Gasteiger charge is 2.28. The molecule has 0 bridgehead atoms. The Labute approximate surface area is 108 Å². The van der Waals surface area contributed by atoms with Crippen LogP contribution in [0.1, 0.15) is 43.7 Å². The van der Waals surface area contributed by atoms with Crippen molar-refractivity contribution in [3.8, 4) is 0 Å². The molecular formula is C14H20N4. The molecular weight excluding hydrogens is 224 g/mol. The zero-order chi connectivity index (χ0) is 13.1. The maximum absolute atomic E-state index is 5.32. The Kier molecular flexibility index (Phi) is 3.65. The van der Waals surface area contributed by atoms with Gasteiger partial charge >= 0.3 is 0 Å². The van der Waals surface area contributed by atoms with Gasteiger partial charge in [-0.2, -0.15) is 5.10 Å². The van der Waals surface area contributed by atoms with Gasteiger partial charge < -0.3 is 11.5 Å². The first-order chi connectivity index (χ1) is 8.58. The SMILES string of the molecule is CC(C)c1ccc(/C(=N/N=C(N)N)C2CC2)cc1. The van der Waals surface area contributed by atoms with Crippen LogP contribution in [0.2, 0.25) is 0 Å². The van der Waals surface area contributed by atoms with E-state index in [9.17, 15) is 0 Å². The van der Waals surface area contributed by atoms with Crippen LogP contribution in [0.15, 0.2) is 34.5 Å². The molecule has 1 saturated carbocycles. The zero-order valence-electron chi connectivity index (χ0n) is 10.9. The van der Waals surface area contributed by atoms with E-state index in [1.165, 1.54) is 18.4 Å². The molecule has 1 aromatic rings. The molecule has 2 rings (SSSR count). The van der Waals surface area contributed by atoms with E-state index in [1.807, 2.05) is 0 Å². The summed E-state index contributed by atoms with van der Waals surface area (Å²) in [6.07, 6.45) is 2.34. The second-order valence-corrected chi connectivity index (χ2v) is 5.06. The lowest BCUT2D eigenvalue weighted by atomic mass is 9.99. The van der Waals surface area contributed by atoms with Gasteiger partial charge in [0.1, 0.15) is 0 Å². The molecule has 1 aliphatic carbocycles. The van der Waals surface area contributed by atoms with Gasteiger partial charge in [-0.25, -0.2) is 0 Å². The lowest BCUT2D eigenvalue weighted by molar-refractivity contribution is 0.866. The van der Waals surface area contributed by atoms with Gasteiger partial charge in [0.2, 0.25) is 5.96 Å². The smallest absolute Gasteiger partial charge is 0.211 e. The minimum absolute atomic E-state index is 0.00644. The van der Waals surface area contributed by atoms with Crippen LogP contribution in [0.25, 0.3) is 0 Å². The molecule has 1 aliphatic rings. The van der Waals surface area contributed by atoms with Crippen LogP contribution < -0.4 is 11.5 Å². The molecule has 1 fully saturated rings. The van der Waals surface area contributed by atoms with Gasteiger partial charge in [0.15, 0.2) is 0 Å². The summed E-state index contributed by atoms with van der Waals surface area (Å²) in [6, 6.07) is 8.50. The molecule has 0 aliphatic heterocycles. The fourth-order valence-electron chi connectivity index (χ4n) is 1.88. The Balaban J connectivity index is 2.26. The van der Waals surface area contributed by atoms with Gasteiger partial charge in [-0.05, 0) is 29.9 Å². The van der Waals surface area contributed by atoms with Gasteiger partial charge in [0.25, 0.3) is 0 Å². The number of nitrogens with two attached hydrogens (primary N) is 2. The molecule has 96 valence electrons. The van der Waals surface area contributed by atoms with Crippen molar-refractivity contribution < 1.29 is 0 Å². The lowest BCUT2D eigenvalue weighted by Crippen LogP contribution is -2.22. The van der Waals surface area contributed by atoms with Crippen LogP contribution in [-0.2, 0) is 0 Å². The first kappa shape index (κ1) is 12.6. The first-order valence-corrected chi connectivity index (χ1v) is 6.34. The molecule has 4 nitrogen and oxygen atoms in total. The van der Waals surface area contributed by atoms with E-state index in [4.69, 9.17) is 11.5 Å². The number of hydrogen-bond donors (Lipinski definition) is 2. The van der Waals surface area contributed by atoms with E-state index < -0.39 is 0 Å². The van der Waals surface area contributed by atoms with Crippen LogP contribution in [0, 0.1) is 5.92 Å². The maximum Gasteiger partial charge on any atom is 0.211 e. The Bertz CT molecular complexity index is 463. The van der Waals surface area contributed by atoms with Crippen molar-refractivity contribution in [1.29, 1.82) is 0 Å². The monoisotopic (exact) mass is 244 g/mol. The third-order valence-corrected chi connectivity index (χ3v) is 3.11. The molecule has 0 aromatic heterocycles. The zero-order valence-corrected chi connectivity index (χ0v) is 10.9. The van der Waals surface area contributed by atoms with E-state index in [0.717, 1.165) is 11.3 Å². The second-order valence-electron chi connectivity index (χ2n) is 5.06. The van der Waals surface area contributed by atoms with E-state index in [0.29, 0.717) is 11.8 Å². The molecule has 0 unspecified atom stereocenters. The summed E-state index contributed by atoms with van der Waals surface area (Å²) >= 11 is 0. The summed E-state index contributed by atoms with van der Waals surface area (Å²) in [5.41, 5.74) is 14.1. The molecule has 4 heteroatoms. The molecule has 0 saturated heterocycles. The van der Waals surface area contributed by atoms with Gasteiger partial charge in [-0.1, -0.05) is 38.1 Å². The summed E-state index contributed by atoms with van der Waals surface area (Å²) in [7, 11) is 0. The first-order valence-electron chi connectivity index (χ1n) is 6.34. The molecule has 1 aromatic carbocycles. The Morgan fingerprint density at radius 1 is 1.11 bits per heavy atom. The molecule has 4 N–H and O–H groups in total. The summed E-state index contributed by atoms with van der Waals surface area (Å²) in [5.74, 6) is 1.06. The van der Waals surface area contributed by atoms with Crippen molar-refractivity contribution in [2.45, 2.75) is 32.6 Å². The molecule has 0 radical (unpaired) electrons. The van der Waals surface area contributed by atoms with Gasteiger partial charge in [-0.3, -0.25) is 0 Å². The van der Waals surface area contributed by atoms with Crippen molar-refractivity contribution in [2.75, 3.05) is 0 Å². The van der Waals surface area contributed by atoms with E-state index in [1.54, 1.807) is 0 Å². The van der Waals surface area contributed by atoms with Crippen molar-refractivity contribution in [1.82, 2.24) is 0 Å². The summed E-state index contributed by atoms with van der Waals surface area (Å²) in [5, 5.41) is 7.96. The Morgan fingerprint density at radius 3 is 2.17 bits per heavy atom. The second kappa shape index (κ2) is 5.21. The third kappa shape index (κ3) is 3.09. The van der Waals surface area contributed by atoms with Gasteiger partial charge in [-0.15, -0.1) is 5.10 Å². The fraction of sp³-hybridized carbons (Fsp3) is 0.429. The molecule has 18 heavy (non-hydrogen) atoms. The van der Waals surface area contributed by atoms with Crippen molar-refractivity contribution in [3.05, 3.63) is 35.4 Å². The lowest BCUT2D eigenvalue weighted by Gasteiger charge is -2.08. The van der Waals surface area contributed by atoms with Crippen molar-refractivity contribution in [3.63, 3.8) is 0 Å². The van der Waals surface area contributed by atoms with Crippen molar-refractivity contribution in [2.24, 2.45) is 27.6 Å². The summed E-state index contributed by atoms with van der Waals surface area (Å²) in [4.78, 5) is 0. The highest BCUT2D eigenvalue weighted by Crippen LogP contribution is 2.33. The average molecular weight is 244 g/mol. The van der Waals surface area contributed by atoms with E-state index in [2.05, 4.69) is 48.3 Å². The average Bonchev–Trinajstić information content (AvgIpc) is 3.14. The standard InChI is InChI=1S/C14H20N4/c1-9(2)10-3-5-11(6-4-10)13(12-7-8-12)17-18-14(15)16/h3-6,9,12H,7-8H2,1-2H3,(H4,15,16,18)/b17-13-. The highest BCUT2D eigenvalue weighted by atomic mass is 15.3. The van der Waals surface area contributed by atoms with Crippen LogP contribution in [0.5, 0.6) is 0 Å². The van der Waals surface area contributed by atoms with Crippen LogP contribution >= 0.6 is 0 Å². The molecule has 0 atom stereocenters. The van der Waals surface area contributed by atoms with Crippen LogP contribution in [-0.4, -0.2) is 11.7 Å². The predicted molar refractivity (Wildman–Crippen MR) is 75.6 cm³/mol. The summed E-state index contributed by atoms with van der Waals surface area (Å²) < 4.78 is 0. The summed E-state index contributed by atoms with van der Waals surface area (Å²) in [6.45, 7) is 4.37. The van der Waals surface area contributed by atoms with Crippen molar-refractivity contribution >= 4 is 11.7 Å². The third-order valence-electron chi connectivity index (χ3n) is 3.11. The topological polar surface area (TPSA) is 76.8 Å². The number of benzene rings is 1. The fourth-order valence-corrected chi connectivity index (χ4v) is 1.88. The molecule has 0 heterocycles. The van der Waals surface area contributed by atoms with Gasteiger partial charge in [0, 0.05) is 5.92 Å². The van der Waals surface area contributed by atoms with E-state index in [-0.39, 0.29) is 5.96 Å². The van der Waals surface area contributed by atoms with Crippen LogP contribution in [0.4, 0.5) is 0 Å². The normalized spacial score (nSPS) is 15.8. The molecule has 0 amide bonds. The minimum Gasteiger partial charge on any atom is -0.369 e. The van der Waals surface area contributed by atoms with E-state index >= 15 is 0 Å². The predicted octanol–water partition coefficient (Wildman–Crippen LogP) is 2.20. The number of nitrogens with zero attached hydrogens (tertiary/aromatic N) is 2. The quantitative estimate of drug-likeness (QED) is 0.484. The highest BCUT2D eigenvalue weighted by molar-refractivity contribution is 6.03. The number of hydrogen-bond acceptors (Lipinski definition) is 2. The largest absolute Gasteiger partial charge is 0.369 e. The Morgan fingerprint density at radius 2 is 1.72 bits per heavy atom. The minimum atomic E-state index is 0.00644. The number of guanidine groups is 1. The van der Waals surface area contributed by atoms with Crippen LogP contribution in [0.3, 0.4) is 0 Å². The Hall–Kier alpha value is -1.84. The van der Waals surface area contributed by atoms with Gasteiger partial charge in [0.05, 0.1) is 5.71 Å². The number of rotatable bonds is 4.